The van der Waals surface area contributed by atoms with Crippen LogP contribution in [0.5, 0.6) is 0 Å². The molecule has 0 spiro atoms. The lowest BCUT2D eigenvalue weighted by molar-refractivity contribution is 0.258. The molecular weight excluding hydrogens is 306 g/mol. The second-order valence-electron chi connectivity index (χ2n) is 5.67. The Bertz CT molecular complexity index is 618. The van der Waals surface area contributed by atoms with Crippen molar-refractivity contribution in [3.63, 3.8) is 0 Å². The SMILES string of the molecule is CCc1nncn1CCNC(=NC)NCC(c1ccco1)N(C)C. The van der Waals surface area contributed by atoms with Gasteiger partial charge in [-0.25, -0.2) is 0 Å². The predicted molar refractivity (Wildman–Crippen MR) is 93.9 cm³/mol. The maximum absolute atomic E-state index is 5.52. The van der Waals surface area contributed by atoms with E-state index in [-0.39, 0.29) is 6.04 Å². The first-order valence-corrected chi connectivity index (χ1v) is 8.16. The molecule has 0 aromatic carbocycles. The quantitative estimate of drug-likeness (QED) is 0.552. The summed E-state index contributed by atoms with van der Waals surface area (Å²) in [6, 6.07) is 4.03. The number of aromatic nitrogens is 3. The van der Waals surface area contributed by atoms with E-state index >= 15 is 0 Å². The van der Waals surface area contributed by atoms with E-state index in [1.165, 1.54) is 0 Å². The van der Waals surface area contributed by atoms with Gasteiger partial charge in [0.25, 0.3) is 0 Å². The molecule has 2 N–H and O–H groups in total. The number of rotatable bonds is 8. The maximum atomic E-state index is 5.52. The minimum atomic E-state index is 0.142. The average Bonchev–Trinajstić information content (AvgIpc) is 3.24. The number of hydrogen-bond donors (Lipinski definition) is 2. The number of hydrogen-bond acceptors (Lipinski definition) is 5. The second kappa shape index (κ2) is 9.07. The largest absolute Gasteiger partial charge is 0.468 e. The van der Waals surface area contributed by atoms with Crippen LogP contribution in [0.2, 0.25) is 0 Å². The molecule has 24 heavy (non-hydrogen) atoms. The van der Waals surface area contributed by atoms with E-state index in [9.17, 15) is 0 Å². The number of aryl methyl sites for hydroxylation is 1. The van der Waals surface area contributed by atoms with Crippen LogP contribution in [0.1, 0.15) is 24.6 Å². The molecule has 0 aliphatic heterocycles. The minimum Gasteiger partial charge on any atom is -0.468 e. The summed E-state index contributed by atoms with van der Waals surface area (Å²) in [4.78, 5) is 6.38. The monoisotopic (exact) mass is 333 g/mol. The van der Waals surface area contributed by atoms with Gasteiger partial charge in [-0.1, -0.05) is 6.92 Å². The number of likely N-dealkylation sites (N-methyl/N-ethyl adjacent to an activating group) is 1. The van der Waals surface area contributed by atoms with Crippen LogP contribution in [0.25, 0.3) is 0 Å². The van der Waals surface area contributed by atoms with E-state index in [0.717, 1.165) is 37.1 Å². The average molecular weight is 333 g/mol. The third-order valence-corrected chi connectivity index (χ3v) is 3.84. The zero-order valence-corrected chi connectivity index (χ0v) is 14.9. The van der Waals surface area contributed by atoms with Gasteiger partial charge in [-0.3, -0.25) is 9.89 Å². The maximum Gasteiger partial charge on any atom is 0.191 e. The highest BCUT2D eigenvalue weighted by Gasteiger charge is 2.17. The molecule has 0 bridgehead atoms. The van der Waals surface area contributed by atoms with Crippen LogP contribution >= 0.6 is 0 Å². The Morgan fingerprint density at radius 1 is 1.42 bits per heavy atom. The van der Waals surface area contributed by atoms with Crippen molar-refractivity contribution < 1.29 is 4.42 Å². The van der Waals surface area contributed by atoms with Crippen molar-refractivity contribution in [2.75, 3.05) is 34.2 Å². The molecule has 2 aromatic heterocycles. The van der Waals surface area contributed by atoms with Crippen molar-refractivity contribution in [2.45, 2.75) is 25.9 Å². The summed E-state index contributed by atoms with van der Waals surface area (Å²) in [5.74, 6) is 2.68. The van der Waals surface area contributed by atoms with E-state index in [1.807, 2.05) is 30.8 Å². The predicted octanol–water partition coefficient (Wildman–Crippen LogP) is 0.901. The lowest BCUT2D eigenvalue weighted by Gasteiger charge is -2.23. The van der Waals surface area contributed by atoms with Gasteiger partial charge in [0.1, 0.15) is 17.9 Å². The summed E-state index contributed by atoms with van der Waals surface area (Å²) < 4.78 is 7.57. The van der Waals surface area contributed by atoms with Gasteiger partial charge < -0.3 is 19.6 Å². The third kappa shape index (κ3) is 4.82. The first-order chi connectivity index (χ1) is 11.7. The van der Waals surface area contributed by atoms with Crippen LogP contribution in [-0.4, -0.2) is 59.9 Å². The van der Waals surface area contributed by atoms with E-state index in [0.29, 0.717) is 6.54 Å². The Morgan fingerprint density at radius 2 is 2.25 bits per heavy atom. The Kier molecular flexibility index (Phi) is 6.80. The van der Waals surface area contributed by atoms with E-state index in [1.54, 1.807) is 19.6 Å². The molecule has 0 aliphatic carbocycles. The van der Waals surface area contributed by atoms with Crippen molar-refractivity contribution >= 4 is 5.96 Å². The van der Waals surface area contributed by atoms with Gasteiger partial charge in [-0.05, 0) is 26.2 Å². The topological polar surface area (TPSA) is 83.5 Å². The second-order valence-corrected chi connectivity index (χ2v) is 5.67. The van der Waals surface area contributed by atoms with Gasteiger partial charge in [0, 0.05) is 33.1 Å². The van der Waals surface area contributed by atoms with Crippen LogP contribution in [-0.2, 0) is 13.0 Å². The number of aliphatic imine (C=N–C) groups is 1. The number of guanidine groups is 1. The fourth-order valence-electron chi connectivity index (χ4n) is 2.47. The Labute approximate surface area is 143 Å². The van der Waals surface area contributed by atoms with Gasteiger partial charge in [-0.2, -0.15) is 0 Å². The molecule has 0 fully saturated rings. The van der Waals surface area contributed by atoms with Crippen LogP contribution in [0.15, 0.2) is 34.1 Å². The van der Waals surface area contributed by atoms with Crippen molar-refractivity contribution in [3.05, 3.63) is 36.3 Å². The summed E-state index contributed by atoms with van der Waals surface area (Å²) in [5, 5.41) is 14.7. The molecule has 0 aliphatic rings. The Morgan fingerprint density at radius 3 is 2.88 bits per heavy atom. The lowest BCUT2D eigenvalue weighted by Crippen LogP contribution is -2.42. The summed E-state index contributed by atoms with van der Waals surface area (Å²) >= 11 is 0. The molecule has 2 heterocycles. The highest BCUT2D eigenvalue weighted by atomic mass is 16.3. The zero-order valence-electron chi connectivity index (χ0n) is 14.9. The zero-order chi connectivity index (χ0) is 17.4. The smallest absolute Gasteiger partial charge is 0.191 e. The molecule has 0 amide bonds. The van der Waals surface area contributed by atoms with Crippen molar-refractivity contribution in [3.8, 4) is 0 Å². The summed E-state index contributed by atoms with van der Waals surface area (Å²) in [6.07, 6.45) is 4.33. The molecule has 1 unspecified atom stereocenters. The fraction of sp³-hybridized carbons (Fsp3) is 0.562. The van der Waals surface area contributed by atoms with E-state index in [4.69, 9.17) is 4.42 Å². The summed E-state index contributed by atoms with van der Waals surface area (Å²) in [6.45, 7) is 4.32. The normalized spacial score (nSPS) is 13.3. The minimum absolute atomic E-state index is 0.142. The van der Waals surface area contributed by atoms with Crippen LogP contribution in [0.3, 0.4) is 0 Å². The molecule has 8 nitrogen and oxygen atoms in total. The molecule has 8 heteroatoms. The molecule has 2 rings (SSSR count). The highest BCUT2D eigenvalue weighted by Crippen LogP contribution is 2.17. The number of nitrogens with zero attached hydrogens (tertiary/aromatic N) is 5. The van der Waals surface area contributed by atoms with Gasteiger partial charge in [-0.15, -0.1) is 10.2 Å². The number of nitrogens with one attached hydrogen (secondary N) is 2. The fourth-order valence-corrected chi connectivity index (χ4v) is 2.47. The first-order valence-electron chi connectivity index (χ1n) is 8.16. The highest BCUT2D eigenvalue weighted by molar-refractivity contribution is 5.79. The molecule has 0 saturated heterocycles. The third-order valence-electron chi connectivity index (χ3n) is 3.84. The molecular formula is C16H27N7O. The van der Waals surface area contributed by atoms with Gasteiger partial charge in [0.15, 0.2) is 5.96 Å². The molecule has 132 valence electrons. The summed E-state index contributed by atoms with van der Waals surface area (Å²) in [5.41, 5.74) is 0. The Hall–Kier alpha value is -2.35. The standard InChI is InChI=1S/C16H27N7O/c1-5-15-21-20-12-23(15)9-8-18-16(17-2)19-11-13(22(3)4)14-7-6-10-24-14/h6-7,10,12-13H,5,8-9,11H2,1-4H3,(H2,17,18,19). The Balaban J connectivity index is 1.81. The van der Waals surface area contributed by atoms with Gasteiger partial charge >= 0.3 is 0 Å². The van der Waals surface area contributed by atoms with Crippen LogP contribution in [0, 0.1) is 0 Å². The van der Waals surface area contributed by atoms with Crippen molar-refractivity contribution in [1.82, 2.24) is 30.3 Å². The van der Waals surface area contributed by atoms with Crippen molar-refractivity contribution in [2.24, 2.45) is 4.99 Å². The molecule has 2 aromatic rings. The molecule has 0 radical (unpaired) electrons. The first kappa shape index (κ1) is 18.0. The van der Waals surface area contributed by atoms with Crippen LogP contribution in [0.4, 0.5) is 0 Å². The number of furan rings is 1. The molecule has 0 saturated carbocycles. The van der Waals surface area contributed by atoms with E-state index in [2.05, 4.69) is 37.6 Å². The lowest BCUT2D eigenvalue weighted by atomic mass is 10.2. The van der Waals surface area contributed by atoms with Crippen molar-refractivity contribution in [1.29, 1.82) is 0 Å². The van der Waals surface area contributed by atoms with Gasteiger partial charge in [0.05, 0.1) is 12.3 Å². The molecule has 1 atom stereocenters. The van der Waals surface area contributed by atoms with Gasteiger partial charge in [0.2, 0.25) is 0 Å². The van der Waals surface area contributed by atoms with E-state index < -0.39 is 0 Å². The van der Waals surface area contributed by atoms with Crippen LogP contribution < -0.4 is 10.6 Å². The summed E-state index contributed by atoms with van der Waals surface area (Å²) in [7, 11) is 5.83.